The molecule has 3 N–H and O–H groups in total. The Morgan fingerprint density at radius 3 is 1.35 bits per heavy atom. The third kappa shape index (κ3) is 46.8. The van der Waals surface area contributed by atoms with Crippen LogP contribution in [0.25, 0.3) is 0 Å². The fraction of sp³-hybridized carbons (Fsp3) is 0.661. The number of ether oxygens (including phenoxy) is 1. The highest BCUT2D eigenvalue weighted by atomic mass is 16.5. The molecule has 0 rings (SSSR count). The second-order valence-electron chi connectivity index (χ2n) is 17.8. The van der Waals surface area contributed by atoms with E-state index in [4.69, 9.17) is 4.74 Å². The lowest BCUT2D eigenvalue weighted by atomic mass is 10.0. The van der Waals surface area contributed by atoms with Crippen LogP contribution in [0.3, 0.4) is 0 Å². The van der Waals surface area contributed by atoms with Crippen LogP contribution >= 0.6 is 0 Å². The third-order valence-electron chi connectivity index (χ3n) is 11.5. The molecule has 0 aliphatic rings. The summed E-state index contributed by atoms with van der Waals surface area (Å²) in [7, 11) is 0. The van der Waals surface area contributed by atoms with Crippen molar-refractivity contribution in [3.05, 3.63) is 109 Å². The van der Waals surface area contributed by atoms with Crippen molar-refractivity contribution >= 4 is 11.9 Å². The van der Waals surface area contributed by atoms with Gasteiger partial charge in [-0.1, -0.05) is 265 Å². The van der Waals surface area contributed by atoms with Crippen LogP contribution in [0.4, 0.5) is 0 Å². The van der Waals surface area contributed by atoms with Gasteiger partial charge in [0, 0.05) is 6.42 Å². The molecule has 3 atom stereocenters. The fourth-order valence-corrected chi connectivity index (χ4v) is 7.54. The maximum absolute atomic E-state index is 13.2. The Morgan fingerprint density at radius 1 is 0.462 bits per heavy atom. The van der Waals surface area contributed by atoms with E-state index >= 15 is 0 Å². The molecular weight excluding hydrogens is 803 g/mol. The van der Waals surface area contributed by atoms with E-state index in [2.05, 4.69) is 74.7 Å². The molecular formula is C59H99NO5. The predicted molar refractivity (Wildman–Crippen MR) is 282 cm³/mol. The topological polar surface area (TPSA) is 95.9 Å². The quantitative estimate of drug-likeness (QED) is 0.0321. The van der Waals surface area contributed by atoms with Crippen molar-refractivity contribution in [1.29, 1.82) is 0 Å². The molecule has 6 heteroatoms. The second kappa shape index (κ2) is 51.5. The smallest absolute Gasteiger partial charge is 0.306 e. The van der Waals surface area contributed by atoms with Gasteiger partial charge < -0.3 is 20.3 Å². The van der Waals surface area contributed by atoms with Gasteiger partial charge in [0.15, 0.2) is 0 Å². The largest absolute Gasteiger partial charge is 0.462 e. The van der Waals surface area contributed by atoms with Crippen LogP contribution in [0.15, 0.2) is 109 Å². The maximum Gasteiger partial charge on any atom is 0.306 e. The van der Waals surface area contributed by atoms with E-state index in [0.29, 0.717) is 19.3 Å². The number of carbonyl (C=O) groups excluding carboxylic acids is 2. The highest BCUT2D eigenvalue weighted by molar-refractivity contribution is 5.77. The van der Waals surface area contributed by atoms with Crippen molar-refractivity contribution in [3.8, 4) is 0 Å². The zero-order chi connectivity index (χ0) is 47.4. The van der Waals surface area contributed by atoms with E-state index < -0.39 is 18.2 Å². The summed E-state index contributed by atoms with van der Waals surface area (Å²) >= 11 is 0. The number of amides is 1. The molecule has 1 amide bonds. The number of rotatable bonds is 46. The van der Waals surface area contributed by atoms with Crippen LogP contribution in [0.5, 0.6) is 0 Å². The van der Waals surface area contributed by atoms with E-state index in [9.17, 15) is 19.8 Å². The first-order valence-corrected chi connectivity index (χ1v) is 26.7. The molecule has 3 unspecified atom stereocenters. The minimum Gasteiger partial charge on any atom is -0.462 e. The lowest BCUT2D eigenvalue weighted by Gasteiger charge is -2.24. The monoisotopic (exact) mass is 902 g/mol. The first-order valence-electron chi connectivity index (χ1n) is 26.7. The summed E-state index contributed by atoms with van der Waals surface area (Å²) in [6.07, 6.45) is 70.1. The molecule has 65 heavy (non-hydrogen) atoms. The van der Waals surface area contributed by atoms with Crippen molar-refractivity contribution in [2.75, 3.05) is 6.61 Å². The number of unbranched alkanes of at least 4 members (excludes halogenated alkanes) is 23. The first kappa shape index (κ1) is 61.5. The molecule has 0 aromatic carbocycles. The van der Waals surface area contributed by atoms with Gasteiger partial charge in [-0.25, -0.2) is 0 Å². The normalized spacial score (nSPS) is 14.1. The van der Waals surface area contributed by atoms with Gasteiger partial charge in [0.2, 0.25) is 5.91 Å². The molecule has 0 aliphatic carbocycles. The number of esters is 1. The first-order chi connectivity index (χ1) is 32.0. The summed E-state index contributed by atoms with van der Waals surface area (Å²) in [5.41, 5.74) is 0. The third-order valence-corrected chi connectivity index (χ3v) is 11.5. The lowest BCUT2D eigenvalue weighted by molar-refractivity contribution is -0.151. The standard InChI is InChI=1S/C59H99NO5/c1-4-7-10-13-16-19-22-24-26-28-30-32-34-37-40-43-46-49-52-59(64)65-55(50-47-44-41-38-35-21-18-15-12-9-6-3)53-58(63)60-56(54-61)57(62)51-48-45-42-39-36-33-31-29-27-25-23-20-17-14-11-8-5-2/h9-10,12-13,15-16,18-19,21-22,24,26,28,30,32,35,38,41,55-57,61-62H,4-8,11,14,17,20,23,25,27,29,31,33-34,36-37,39-40,42-54H2,1-3H3,(H,60,63)/b12-9+,13-10+,18-15+,19-16+,24-22+,28-26+,32-30+,35-21-,41-38-. The Kier molecular flexibility index (Phi) is 48.7. The molecule has 370 valence electrons. The molecule has 0 spiro atoms. The van der Waals surface area contributed by atoms with Crippen molar-refractivity contribution < 1.29 is 24.5 Å². The Morgan fingerprint density at radius 2 is 0.877 bits per heavy atom. The number of aliphatic hydroxyl groups is 2. The molecule has 0 saturated heterocycles. The molecule has 0 saturated carbocycles. The van der Waals surface area contributed by atoms with Gasteiger partial charge in [-0.2, -0.15) is 0 Å². The number of hydrogen-bond donors (Lipinski definition) is 3. The summed E-state index contributed by atoms with van der Waals surface area (Å²) in [6.45, 7) is 6.23. The molecule has 0 fully saturated rings. The maximum atomic E-state index is 13.2. The van der Waals surface area contributed by atoms with E-state index in [0.717, 1.165) is 83.5 Å². The van der Waals surface area contributed by atoms with Crippen molar-refractivity contribution in [1.82, 2.24) is 5.32 Å². The Hall–Kier alpha value is -3.48. The van der Waals surface area contributed by atoms with Crippen LogP contribution in [-0.4, -0.2) is 46.9 Å². The average molecular weight is 902 g/mol. The van der Waals surface area contributed by atoms with E-state index in [1.807, 2.05) is 60.8 Å². The highest BCUT2D eigenvalue weighted by Gasteiger charge is 2.24. The molecule has 0 heterocycles. The minimum atomic E-state index is -0.817. The van der Waals surface area contributed by atoms with Crippen LogP contribution in [0.2, 0.25) is 0 Å². The Bertz CT molecular complexity index is 1330. The van der Waals surface area contributed by atoms with Gasteiger partial charge in [-0.3, -0.25) is 9.59 Å². The predicted octanol–water partition coefficient (Wildman–Crippen LogP) is 16.3. The van der Waals surface area contributed by atoms with E-state index in [1.165, 1.54) is 96.3 Å². The average Bonchev–Trinajstić information content (AvgIpc) is 3.30. The molecule has 0 bridgehead atoms. The number of allylic oxidation sites excluding steroid dienone is 18. The van der Waals surface area contributed by atoms with Crippen LogP contribution in [-0.2, 0) is 14.3 Å². The SMILES string of the molecule is CC/C=C/C=C/C=C\C=C/CCCC(CC(=O)NC(CO)C(O)CCCCCCCCCCCCCCCCCCC)OC(=O)CCCCCCC/C=C/C=C/C=C/C=C/C=C/CCC. The summed E-state index contributed by atoms with van der Waals surface area (Å²) in [5.74, 6) is -0.579. The van der Waals surface area contributed by atoms with Gasteiger partial charge in [-0.15, -0.1) is 0 Å². The van der Waals surface area contributed by atoms with Crippen LogP contribution < -0.4 is 5.32 Å². The van der Waals surface area contributed by atoms with Gasteiger partial charge in [-0.05, 0) is 57.8 Å². The minimum absolute atomic E-state index is 0.0144. The lowest BCUT2D eigenvalue weighted by Crippen LogP contribution is -2.46. The molecule has 6 nitrogen and oxygen atoms in total. The van der Waals surface area contributed by atoms with Gasteiger partial charge in [0.05, 0.1) is 25.2 Å². The zero-order valence-corrected chi connectivity index (χ0v) is 42.1. The Labute approximate surface area is 400 Å². The Balaban J connectivity index is 4.61. The number of nitrogens with one attached hydrogen (secondary N) is 1. The fourth-order valence-electron chi connectivity index (χ4n) is 7.54. The number of carbonyl (C=O) groups is 2. The van der Waals surface area contributed by atoms with Crippen LogP contribution in [0, 0.1) is 0 Å². The van der Waals surface area contributed by atoms with Crippen molar-refractivity contribution in [2.45, 2.75) is 244 Å². The van der Waals surface area contributed by atoms with Gasteiger partial charge >= 0.3 is 5.97 Å². The summed E-state index contributed by atoms with van der Waals surface area (Å²) in [5, 5.41) is 23.8. The van der Waals surface area contributed by atoms with E-state index in [1.54, 1.807) is 0 Å². The van der Waals surface area contributed by atoms with Crippen LogP contribution in [0.1, 0.15) is 226 Å². The molecule has 0 aliphatic heterocycles. The van der Waals surface area contributed by atoms with Gasteiger partial charge in [0.1, 0.15) is 6.10 Å². The van der Waals surface area contributed by atoms with Gasteiger partial charge in [0.25, 0.3) is 0 Å². The number of aliphatic hydroxyl groups excluding tert-OH is 2. The highest BCUT2D eigenvalue weighted by Crippen LogP contribution is 2.17. The second-order valence-corrected chi connectivity index (χ2v) is 17.8. The summed E-state index contributed by atoms with van der Waals surface area (Å²) in [6, 6.07) is -0.735. The zero-order valence-electron chi connectivity index (χ0n) is 42.1. The number of hydrogen-bond acceptors (Lipinski definition) is 5. The molecule has 0 aromatic rings. The summed E-state index contributed by atoms with van der Waals surface area (Å²) in [4.78, 5) is 26.1. The van der Waals surface area contributed by atoms with Crippen molar-refractivity contribution in [2.24, 2.45) is 0 Å². The van der Waals surface area contributed by atoms with E-state index in [-0.39, 0.29) is 24.9 Å². The molecule has 0 aromatic heterocycles. The van der Waals surface area contributed by atoms with Crippen molar-refractivity contribution in [3.63, 3.8) is 0 Å². The summed E-state index contributed by atoms with van der Waals surface area (Å²) < 4.78 is 5.88. The molecule has 0 radical (unpaired) electrons.